The third-order valence-electron chi connectivity index (χ3n) is 8.63. The highest BCUT2D eigenvalue weighted by Crippen LogP contribution is 2.68. The average molecular weight is 1450 g/mol. The van der Waals surface area contributed by atoms with Crippen molar-refractivity contribution in [3.63, 3.8) is 0 Å². The largest absolute Gasteiger partial charge is 0.618 e. The number of aryl methyl sites for hydroxylation is 5. The quantitative estimate of drug-likeness (QED) is 0.0129. The van der Waals surface area contributed by atoms with Gasteiger partial charge >= 0.3 is 11.9 Å². The van der Waals surface area contributed by atoms with Gasteiger partial charge in [0, 0.05) is 80.4 Å². The summed E-state index contributed by atoms with van der Waals surface area (Å²) in [4.78, 5) is 60.8. The normalized spacial score (nSPS) is 12.3. The average Bonchev–Trinajstić information content (AvgIpc) is 3.62. The number of nitrogens with two attached hydrogens (primary N) is 2. The van der Waals surface area contributed by atoms with E-state index in [0.29, 0.717) is 59.4 Å². The number of hydrogen-bond acceptors (Lipinski definition) is 16. The van der Waals surface area contributed by atoms with Gasteiger partial charge in [0.2, 0.25) is 0 Å². The number of carbonyl (C=O) groups excluding carboxylic acids is 4. The molecule has 0 radical (unpaired) electrons. The van der Waals surface area contributed by atoms with Crippen LogP contribution in [0.15, 0.2) is 103 Å². The Kier molecular flexibility index (Phi) is 31.2. The summed E-state index contributed by atoms with van der Waals surface area (Å²) in [6.07, 6.45) is 1.43. The van der Waals surface area contributed by atoms with Crippen LogP contribution in [0.4, 0.5) is 17.5 Å². The van der Waals surface area contributed by atoms with Gasteiger partial charge in [0.25, 0.3) is 20.2 Å². The summed E-state index contributed by atoms with van der Waals surface area (Å²) >= 11 is 34.7. The number of imide groups is 1. The van der Waals surface area contributed by atoms with Crippen molar-refractivity contribution in [1.82, 2.24) is 24.9 Å². The molecule has 7 N–H and O–H groups in total. The Morgan fingerprint density at radius 1 is 0.592 bits per heavy atom. The second-order valence-electron chi connectivity index (χ2n) is 13.9. The number of pyridine rings is 5. The molecule has 2 aliphatic heterocycles. The zero-order valence-corrected chi connectivity index (χ0v) is 51.1. The lowest BCUT2D eigenvalue weighted by Crippen LogP contribution is -2.37. The molecule has 7 heterocycles. The van der Waals surface area contributed by atoms with E-state index in [1.807, 2.05) is 65.0 Å². The van der Waals surface area contributed by atoms with Gasteiger partial charge in [-0.3, -0.25) is 19.6 Å². The van der Waals surface area contributed by atoms with Crippen LogP contribution in [0.3, 0.4) is 0 Å². The number of nitrogens with zero attached hydrogens (tertiary/aromatic N) is 6. The Bertz CT molecular complexity index is 2710. The van der Waals surface area contributed by atoms with Crippen LogP contribution in [0.1, 0.15) is 62.9 Å². The molecule has 5 aromatic heterocycles. The first-order valence-corrected chi connectivity index (χ1v) is 30.6. The minimum Gasteiger partial charge on any atom is -0.618 e. The van der Waals surface area contributed by atoms with Crippen LogP contribution in [0.25, 0.3) is 0 Å². The van der Waals surface area contributed by atoms with Crippen molar-refractivity contribution < 1.29 is 33.2 Å². The summed E-state index contributed by atoms with van der Waals surface area (Å²) in [5.74, 6) is 10.3. The fourth-order valence-corrected chi connectivity index (χ4v) is 5.83. The highest BCUT2D eigenvalue weighted by atomic mass is 80.0. The lowest BCUT2D eigenvalue weighted by Gasteiger charge is -2.16. The Morgan fingerprint density at radius 2 is 0.986 bits per heavy atom. The van der Waals surface area contributed by atoms with Crippen LogP contribution in [0.2, 0.25) is 15.5 Å². The number of anilines is 3. The van der Waals surface area contributed by atoms with Gasteiger partial charge in [-0.2, -0.15) is 9.74 Å². The molecule has 0 aromatic carbocycles. The number of hydrogen-bond donors (Lipinski definition) is 5. The lowest BCUT2D eigenvalue weighted by atomic mass is 10.2. The van der Waals surface area contributed by atoms with Crippen molar-refractivity contribution in [3.8, 4) is 0 Å². The molecule has 0 unspecified atom stereocenters. The summed E-state index contributed by atoms with van der Waals surface area (Å²) in [5.41, 5.74) is 14.4. The Hall–Kier alpha value is -3.39. The second kappa shape index (κ2) is 32.7. The van der Waals surface area contributed by atoms with Crippen LogP contribution >= 0.6 is 132 Å². The summed E-state index contributed by atoms with van der Waals surface area (Å²) in [7, 11) is 0. The number of halogens is 9. The molecule has 5 aromatic rings. The molecule has 2 amide bonds. The molecule has 18 nitrogen and oxygen atoms in total. The molecular weight excluding hydrogens is 1400 g/mol. The van der Waals surface area contributed by atoms with Crippen LogP contribution in [-0.4, -0.2) is 48.7 Å². The smallest absolute Gasteiger partial charge is 0.342 e. The second-order valence-corrected chi connectivity index (χ2v) is 35.7. The van der Waals surface area contributed by atoms with Gasteiger partial charge < -0.3 is 20.8 Å². The van der Waals surface area contributed by atoms with E-state index in [0.717, 1.165) is 42.0 Å². The fraction of sp³-hybridized carbons (Fsp3) is 0.233. The first-order valence-electron chi connectivity index (χ1n) is 19.3. The monoisotopic (exact) mass is 1440 g/mol. The molecule has 2 aliphatic rings. The molecule has 386 valence electrons. The Labute approximate surface area is 476 Å². The summed E-state index contributed by atoms with van der Waals surface area (Å²) in [6, 6.07) is 17.9. The van der Waals surface area contributed by atoms with E-state index >= 15 is 0 Å². The molecule has 0 aliphatic carbocycles. The molecule has 0 fully saturated rings. The topological polar surface area (TPSA) is 264 Å². The molecular formula is C43H49Br6Cl3N11O7P. The SMILES string of the molecule is C.CC1=C(C)C(=O)N(Nc2ccc(C)c(Br)n2)C1=O.CC1=C(C)C(=O)OC1=O.Cc1ccc(Cl)[n+]([O-])c1.Cc1ccc(Cl)nc1Br.Cc1ccc(Cl)nc1NN.Cc1ccc(NN)nc1Br.O=P(Br)(Br)Br. The number of ether oxygens (including phenoxy) is 1. The zero-order valence-electron chi connectivity index (χ0n) is 38.4. The van der Waals surface area contributed by atoms with E-state index < -0.39 is 15.2 Å². The number of carbonyl (C=O) groups is 4. The Morgan fingerprint density at radius 3 is 1.32 bits per heavy atom. The molecule has 0 atom stereocenters. The van der Waals surface area contributed by atoms with Crippen LogP contribution in [-0.2, 0) is 28.5 Å². The fourth-order valence-electron chi connectivity index (χ4n) is 4.35. The summed E-state index contributed by atoms with van der Waals surface area (Å²) in [5, 5.41) is 12.8. The Balaban J connectivity index is 0.000000828. The van der Waals surface area contributed by atoms with Gasteiger partial charge in [-0.05, 0) is 174 Å². The predicted molar refractivity (Wildman–Crippen MR) is 304 cm³/mol. The molecule has 28 heteroatoms. The number of nitrogen functional groups attached to an aromatic ring is 2. The number of hydrazine groups is 3. The molecule has 7 rings (SSSR count). The number of esters is 2. The first kappa shape index (κ1) is 67.6. The number of aromatic nitrogens is 5. The van der Waals surface area contributed by atoms with Crippen molar-refractivity contribution in [2.75, 3.05) is 16.3 Å². The van der Waals surface area contributed by atoms with E-state index in [4.69, 9.17) is 46.5 Å². The van der Waals surface area contributed by atoms with E-state index in [9.17, 15) is 29.0 Å². The van der Waals surface area contributed by atoms with Gasteiger partial charge in [0.15, 0.2) is 6.20 Å². The van der Waals surface area contributed by atoms with Gasteiger partial charge in [-0.15, -0.1) is 0 Å². The zero-order chi connectivity index (χ0) is 53.8. The van der Waals surface area contributed by atoms with Crippen LogP contribution < -0.4 is 32.7 Å². The standard InChI is InChI=1S/C12H12BrN3O2.C6H5BrClN.C6H8BrN3.C6H8ClN3.C6H6ClNO.C6H6O3.CH4.Br3OP/c1-6-4-5-9(14-10(6)13)15-16-11(17)7(2)8(3)12(16)18;1-4-2-3-5(8)9-6(4)7;1-4-2-3-5(10-8)9-6(4)7;1-4-2-3-5(7)9-6(4)10-8;1-5-2-3-6(7)8(9)4-5;1-3-4(2)6(8)9-5(3)7;;1-5(2,3)4/h4-5H,1-3H3,(H,14,15);2-3H,1H3;2*2-3H,8H2,1H3,(H,9,10);2-4H,1H3;1-2H3;1H4;. The van der Waals surface area contributed by atoms with Crippen molar-refractivity contribution in [2.45, 2.75) is 69.7 Å². The van der Waals surface area contributed by atoms with Crippen LogP contribution in [0.5, 0.6) is 0 Å². The maximum Gasteiger partial charge on any atom is 0.342 e. The molecule has 0 saturated heterocycles. The van der Waals surface area contributed by atoms with E-state index in [-0.39, 0.29) is 24.4 Å². The molecule has 0 spiro atoms. The highest BCUT2D eigenvalue weighted by molar-refractivity contribution is 9.94. The number of rotatable bonds is 4. The van der Waals surface area contributed by atoms with E-state index in [1.54, 1.807) is 58.0 Å². The third-order valence-corrected chi connectivity index (χ3v) is 11.8. The van der Waals surface area contributed by atoms with Crippen molar-refractivity contribution >= 4 is 174 Å². The minimum absolute atomic E-state index is 0. The maximum atomic E-state index is 11.8. The van der Waals surface area contributed by atoms with E-state index in [2.05, 4.69) is 135 Å². The minimum atomic E-state index is -2.20. The van der Waals surface area contributed by atoms with Crippen molar-refractivity contribution in [2.24, 2.45) is 11.7 Å². The van der Waals surface area contributed by atoms with Gasteiger partial charge in [0.05, 0.1) is 0 Å². The maximum absolute atomic E-state index is 11.8. The summed E-state index contributed by atoms with van der Waals surface area (Å²) < 4.78 is 14.9. The van der Waals surface area contributed by atoms with Crippen molar-refractivity contribution in [1.29, 1.82) is 0 Å². The number of amides is 2. The van der Waals surface area contributed by atoms with Crippen molar-refractivity contribution in [3.05, 3.63) is 151 Å². The number of nitrogens with one attached hydrogen (secondary N) is 3. The van der Waals surface area contributed by atoms with E-state index in [1.165, 1.54) is 6.20 Å². The molecule has 0 bridgehead atoms. The van der Waals surface area contributed by atoms with Gasteiger partial charge in [0.1, 0.15) is 41.6 Å². The number of cyclic esters (lactones) is 2. The lowest BCUT2D eigenvalue weighted by molar-refractivity contribution is -0.603. The molecule has 71 heavy (non-hydrogen) atoms. The highest BCUT2D eigenvalue weighted by Gasteiger charge is 2.34. The molecule has 0 saturated carbocycles. The van der Waals surface area contributed by atoms with Gasteiger partial charge in [-0.25, -0.2) is 41.2 Å². The first-order chi connectivity index (χ1) is 32.4. The third kappa shape index (κ3) is 24.9. The van der Waals surface area contributed by atoms with Gasteiger partial charge in [-0.1, -0.05) is 54.9 Å². The predicted octanol–water partition coefficient (Wildman–Crippen LogP) is 13.4. The van der Waals surface area contributed by atoms with Crippen LogP contribution in [0, 0.1) is 39.8 Å². The summed E-state index contributed by atoms with van der Waals surface area (Å²) in [6.45, 7) is 16.0.